The molecular weight excluding hydrogens is 244 g/mol. The summed E-state index contributed by atoms with van der Waals surface area (Å²) >= 11 is 0. The lowest BCUT2D eigenvalue weighted by Crippen LogP contribution is -2.57. The SMILES string of the molecule is C/C=C/CN1CC(C2CC2)NCC1Cc1ccccc1. The summed E-state index contributed by atoms with van der Waals surface area (Å²) in [6, 6.07) is 12.3. The summed E-state index contributed by atoms with van der Waals surface area (Å²) in [6.45, 7) is 5.56. The van der Waals surface area contributed by atoms with E-state index in [0.29, 0.717) is 6.04 Å². The minimum Gasteiger partial charge on any atom is -0.311 e. The number of piperazine rings is 1. The van der Waals surface area contributed by atoms with Crippen LogP contribution in [0.1, 0.15) is 25.3 Å². The fourth-order valence-corrected chi connectivity index (χ4v) is 3.25. The van der Waals surface area contributed by atoms with Crippen LogP contribution in [0.3, 0.4) is 0 Å². The van der Waals surface area contributed by atoms with Gasteiger partial charge in [-0.05, 0) is 37.7 Å². The van der Waals surface area contributed by atoms with Gasteiger partial charge in [0.25, 0.3) is 0 Å². The Bertz CT molecular complexity index is 436. The smallest absolute Gasteiger partial charge is 0.0265 e. The minimum atomic E-state index is 0.628. The van der Waals surface area contributed by atoms with Gasteiger partial charge < -0.3 is 5.32 Å². The molecule has 2 nitrogen and oxygen atoms in total. The number of benzene rings is 1. The maximum atomic E-state index is 3.79. The van der Waals surface area contributed by atoms with Crippen LogP contribution in [0, 0.1) is 5.92 Å². The first-order valence-electron chi connectivity index (χ1n) is 7.99. The number of nitrogens with one attached hydrogen (secondary N) is 1. The Morgan fingerprint density at radius 2 is 2.05 bits per heavy atom. The van der Waals surface area contributed by atoms with E-state index in [1.54, 1.807) is 0 Å². The molecule has 20 heavy (non-hydrogen) atoms. The van der Waals surface area contributed by atoms with Gasteiger partial charge in [0.05, 0.1) is 0 Å². The van der Waals surface area contributed by atoms with E-state index in [0.717, 1.165) is 31.5 Å². The third kappa shape index (κ3) is 3.50. The van der Waals surface area contributed by atoms with Crippen LogP contribution in [-0.4, -0.2) is 36.6 Å². The molecule has 1 saturated carbocycles. The molecule has 0 amide bonds. The Labute approximate surface area is 122 Å². The zero-order chi connectivity index (χ0) is 13.8. The predicted molar refractivity (Wildman–Crippen MR) is 84.8 cm³/mol. The van der Waals surface area contributed by atoms with Crippen LogP contribution < -0.4 is 5.32 Å². The van der Waals surface area contributed by atoms with Crippen molar-refractivity contribution in [2.45, 2.75) is 38.3 Å². The normalized spacial score (nSPS) is 28.1. The van der Waals surface area contributed by atoms with Crippen LogP contribution in [0.5, 0.6) is 0 Å². The van der Waals surface area contributed by atoms with Gasteiger partial charge in [0.1, 0.15) is 0 Å². The van der Waals surface area contributed by atoms with Crippen LogP contribution in [0.25, 0.3) is 0 Å². The lowest BCUT2D eigenvalue weighted by atomic mass is 9.99. The zero-order valence-electron chi connectivity index (χ0n) is 12.5. The van der Waals surface area contributed by atoms with Crippen molar-refractivity contribution in [1.29, 1.82) is 0 Å². The fraction of sp³-hybridized carbons (Fsp3) is 0.556. The molecule has 0 radical (unpaired) electrons. The van der Waals surface area contributed by atoms with Crippen molar-refractivity contribution in [3.63, 3.8) is 0 Å². The van der Waals surface area contributed by atoms with Crippen molar-refractivity contribution >= 4 is 0 Å². The summed E-state index contributed by atoms with van der Waals surface area (Å²) in [4.78, 5) is 2.67. The van der Waals surface area contributed by atoms with Crippen molar-refractivity contribution in [2.24, 2.45) is 5.92 Å². The summed E-state index contributed by atoms with van der Waals surface area (Å²) in [5.74, 6) is 0.945. The summed E-state index contributed by atoms with van der Waals surface area (Å²) < 4.78 is 0. The van der Waals surface area contributed by atoms with Crippen molar-refractivity contribution in [1.82, 2.24) is 10.2 Å². The molecule has 0 bridgehead atoms. The number of hydrogen-bond acceptors (Lipinski definition) is 2. The van der Waals surface area contributed by atoms with Crippen LogP contribution >= 0.6 is 0 Å². The lowest BCUT2D eigenvalue weighted by molar-refractivity contribution is 0.135. The standard InChI is InChI=1S/C18H26N2/c1-2-3-11-20-14-18(16-9-10-16)19-13-17(20)12-15-7-5-4-6-8-15/h2-8,16-19H,9-14H2,1H3/b3-2+. The van der Waals surface area contributed by atoms with Gasteiger partial charge in [-0.2, -0.15) is 0 Å². The van der Waals surface area contributed by atoms with Gasteiger partial charge in [-0.15, -0.1) is 0 Å². The molecule has 1 aliphatic carbocycles. The van der Waals surface area contributed by atoms with E-state index < -0.39 is 0 Å². The van der Waals surface area contributed by atoms with Crippen LogP contribution in [0.2, 0.25) is 0 Å². The van der Waals surface area contributed by atoms with Gasteiger partial charge in [0.2, 0.25) is 0 Å². The third-order valence-corrected chi connectivity index (χ3v) is 4.64. The van der Waals surface area contributed by atoms with Gasteiger partial charge in [-0.3, -0.25) is 4.90 Å². The highest BCUT2D eigenvalue weighted by atomic mass is 15.2. The van der Waals surface area contributed by atoms with E-state index in [1.807, 2.05) is 0 Å². The van der Waals surface area contributed by atoms with E-state index >= 15 is 0 Å². The van der Waals surface area contributed by atoms with Gasteiger partial charge in [0.15, 0.2) is 0 Å². The summed E-state index contributed by atoms with van der Waals surface area (Å²) in [6.07, 6.45) is 8.49. The Hall–Kier alpha value is -1.12. The molecule has 1 heterocycles. The Morgan fingerprint density at radius 1 is 1.25 bits per heavy atom. The van der Waals surface area contributed by atoms with Crippen molar-refractivity contribution < 1.29 is 0 Å². The highest BCUT2D eigenvalue weighted by Crippen LogP contribution is 2.34. The maximum Gasteiger partial charge on any atom is 0.0265 e. The molecule has 1 aromatic rings. The van der Waals surface area contributed by atoms with Crippen LogP contribution in [-0.2, 0) is 6.42 Å². The average molecular weight is 270 g/mol. The van der Waals surface area contributed by atoms with Gasteiger partial charge in [-0.1, -0.05) is 42.5 Å². The largest absolute Gasteiger partial charge is 0.311 e. The van der Waals surface area contributed by atoms with Crippen LogP contribution in [0.4, 0.5) is 0 Å². The fourth-order valence-electron chi connectivity index (χ4n) is 3.25. The molecule has 3 rings (SSSR count). The topological polar surface area (TPSA) is 15.3 Å². The number of hydrogen-bond donors (Lipinski definition) is 1. The first-order chi connectivity index (χ1) is 9.86. The molecule has 1 aromatic carbocycles. The molecule has 1 saturated heterocycles. The van der Waals surface area contributed by atoms with Crippen LogP contribution in [0.15, 0.2) is 42.5 Å². The number of rotatable bonds is 5. The number of allylic oxidation sites excluding steroid dienone is 1. The van der Waals surface area contributed by atoms with Crippen molar-refractivity contribution in [3.8, 4) is 0 Å². The van der Waals surface area contributed by atoms with E-state index in [9.17, 15) is 0 Å². The summed E-state index contributed by atoms with van der Waals surface area (Å²) in [5, 5.41) is 3.79. The number of nitrogens with zero attached hydrogens (tertiary/aromatic N) is 1. The summed E-state index contributed by atoms with van der Waals surface area (Å²) in [7, 11) is 0. The monoisotopic (exact) mass is 270 g/mol. The molecule has 0 spiro atoms. The second-order valence-corrected chi connectivity index (χ2v) is 6.22. The Morgan fingerprint density at radius 3 is 2.75 bits per heavy atom. The molecule has 0 aromatic heterocycles. The molecule has 2 atom stereocenters. The predicted octanol–water partition coefficient (Wildman–Crippen LogP) is 2.86. The minimum absolute atomic E-state index is 0.628. The quantitative estimate of drug-likeness (QED) is 0.828. The zero-order valence-corrected chi connectivity index (χ0v) is 12.5. The first-order valence-corrected chi connectivity index (χ1v) is 7.99. The Balaban J connectivity index is 1.64. The van der Waals surface area contributed by atoms with E-state index in [-0.39, 0.29) is 0 Å². The molecule has 2 aliphatic rings. The maximum absolute atomic E-state index is 3.79. The highest BCUT2D eigenvalue weighted by Gasteiger charge is 2.36. The second kappa shape index (κ2) is 6.55. The molecule has 1 aliphatic heterocycles. The van der Waals surface area contributed by atoms with E-state index in [2.05, 4.69) is 59.6 Å². The highest BCUT2D eigenvalue weighted by molar-refractivity contribution is 5.16. The van der Waals surface area contributed by atoms with E-state index in [4.69, 9.17) is 0 Å². The average Bonchev–Trinajstić information content (AvgIpc) is 3.32. The lowest BCUT2D eigenvalue weighted by Gasteiger charge is -2.40. The van der Waals surface area contributed by atoms with Gasteiger partial charge >= 0.3 is 0 Å². The summed E-state index contributed by atoms with van der Waals surface area (Å²) in [5.41, 5.74) is 1.45. The molecule has 108 valence electrons. The molecule has 2 heteroatoms. The molecule has 2 fully saturated rings. The first kappa shape index (κ1) is 13.8. The third-order valence-electron chi connectivity index (χ3n) is 4.64. The van der Waals surface area contributed by atoms with Gasteiger partial charge in [-0.25, -0.2) is 0 Å². The molecule has 1 N–H and O–H groups in total. The van der Waals surface area contributed by atoms with Gasteiger partial charge in [0, 0.05) is 31.7 Å². The molecule has 2 unspecified atom stereocenters. The van der Waals surface area contributed by atoms with E-state index in [1.165, 1.54) is 24.9 Å². The molecular formula is C18H26N2. The second-order valence-electron chi connectivity index (χ2n) is 6.22. The van der Waals surface area contributed by atoms with Crippen molar-refractivity contribution in [2.75, 3.05) is 19.6 Å². The van der Waals surface area contributed by atoms with Crippen molar-refractivity contribution in [3.05, 3.63) is 48.0 Å². The Kier molecular flexibility index (Phi) is 4.54.